The van der Waals surface area contributed by atoms with E-state index in [2.05, 4.69) is 26.1 Å². The molecule has 0 bridgehead atoms. The van der Waals surface area contributed by atoms with E-state index in [0.29, 0.717) is 64.9 Å². The van der Waals surface area contributed by atoms with E-state index in [9.17, 15) is 9.59 Å². The fourth-order valence-electron chi connectivity index (χ4n) is 4.71. The van der Waals surface area contributed by atoms with E-state index >= 15 is 0 Å². The van der Waals surface area contributed by atoms with E-state index in [0.717, 1.165) is 11.4 Å². The third kappa shape index (κ3) is 5.22. The Morgan fingerprint density at radius 2 is 1.74 bits per heavy atom. The molecule has 1 heterocycles. The average molecular weight is 490 g/mol. The largest absolute Gasteiger partial charge is 0.496 e. The standard InChI is InChI=1S/C26H35NO6S/c1-8-34-10-9-33-25(29)22-15(2)27-17-13-26(3,4)14-18(28)24(17)23(22)16-11-20(31-6)21(32-7)12-19(16)30-5/h11-12,23,27H,8-10,13-14H2,1-7H3. The number of rotatable bonds is 9. The molecule has 8 heteroatoms. The van der Waals surface area contributed by atoms with Gasteiger partial charge in [-0.05, 0) is 30.6 Å². The number of esters is 1. The smallest absolute Gasteiger partial charge is 0.336 e. The van der Waals surface area contributed by atoms with Crippen molar-refractivity contribution in [1.29, 1.82) is 0 Å². The van der Waals surface area contributed by atoms with Crippen LogP contribution in [0.3, 0.4) is 0 Å². The topological polar surface area (TPSA) is 83.1 Å². The van der Waals surface area contributed by atoms with Crippen LogP contribution in [0.25, 0.3) is 0 Å². The Morgan fingerprint density at radius 3 is 2.35 bits per heavy atom. The highest BCUT2D eigenvalue weighted by Gasteiger charge is 2.44. The van der Waals surface area contributed by atoms with Crippen LogP contribution in [0.15, 0.2) is 34.7 Å². The highest BCUT2D eigenvalue weighted by molar-refractivity contribution is 7.99. The maximum Gasteiger partial charge on any atom is 0.336 e. The van der Waals surface area contributed by atoms with Crippen molar-refractivity contribution in [3.05, 3.63) is 40.2 Å². The molecular formula is C26H35NO6S. The number of dihydropyridines is 1. The molecule has 3 rings (SSSR count). The van der Waals surface area contributed by atoms with Gasteiger partial charge in [-0.1, -0.05) is 20.8 Å². The van der Waals surface area contributed by atoms with Gasteiger partial charge in [-0.15, -0.1) is 0 Å². The van der Waals surface area contributed by atoms with E-state index in [4.69, 9.17) is 18.9 Å². The molecule has 2 aliphatic rings. The zero-order chi connectivity index (χ0) is 25.0. The molecule has 0 saturated heterocycles. The first-order valence-electron chi connectivity index (χ1n) is 11.5. The minimum absolute atomic E-state index is 0.0138. The third-order valence-corrected chi connectivity index (χ3v) is 7.04. The fraction of sp³-hybridized carbons (Fsp3) is 0.538. The Hall–Kier alpha value is -2.61. The number of carbonyl (C=O) groups excluding carboxylic acids is 2. The summed E-state index contributed by atoms with van der Waals surface area (Å²) >= 11 is 1.71. The monoisotopic (exact) mass is 489 g/mol. The molecule has 0 aromatic heterocycles. The predicted octanol–water partition coefficient (Wildman–Crippen LogP) is 4.61. The van der Waals surface area contributed by atoms with Crippen molar-refractivity contribution >= 4 is 23.5 Å². The van der Waals surface area contributed by atoms with Crippen molar-refractivity contribution in [2.24, 2.45) is 5.41 Å². The van der Waals surface area contributed by atoms with Gasteiger partial charge in [-0.2, -0.15) is 11.8 Å². The molecule has 0 amide bonds. The van der Waals surface area contributed by atoms with Crippen molar-refractivity contribution in [3.63, 3.8) is 0 Å². The van der Waals surface area contributed by atoms with Crippen LogP contribution in [0.2, 0.25) is 0 Å². The van der Waals surface area contributed by atoms with Crippen molar-refractivity contribution in [2.45, 2.75) is 46.5 Å². The van der Waals surface area contributed by atoms with Gasteiger partial charge in [0.25, 0.3) is 0 Å². The van der Waals surface area contributed by atoms with E-state index in [1.807, 2.05) is 6.92 Å². The van der Waals surface area contributed by atoms with E-state index in [1.54, 1.807) is 45.2 Å². The lowest BCUT2D eigenvalue weighted by atomic mass is 9.68. The first-order valence-corrected chi connectivity index (χ1v) is 12.6. The molecule has 1 unspecified atom stereocenters. The molecule has 1 aliphatic carbocycles. The van der Waals surface area contributed by atoms with Crippen LogP contribution in [-0.2, 0) is 14.3 Å². The van der Waals surface area contributed by atoms with Gasteiger partial charge < -0.3 is 24.3 Å². The second kappa shape index (κ2) is 10.8. The highest BCUT2D eigenvalue weighted by Crippen LogP contribution is 2.50. The lowest BCUT2D eigenvalue weighted by molar-refractivity contribution is -0.138. The summed E-state index contributed by atoms with van der Waals surface area (Å²) in [7, 11) is 4.66. The lowest BCUT2D eigenvalue weighted by Crippen LogP contribution is -2.38. The maximum atomic E-state index is 13.5. The van der Waals surface area contributed by atoms with Gasteiger partial charge in [0, 0.05) is 40.8 Å². The average Bonchev–Trinajstić information content (AvgIpc) is 2.78. The summed E-state index contributed by atoms with van der Waals surface area (Å²) in [6, 6.07) is 3.52. The molecule has 0 fully saturated rings. The number of thioether (sulfide) groups is 1. The minimum Gasteiger partial charge on any atom is -0.496 e. The molecule has 1 N–H and O–H groups in total. The maximum absolute atomic E-state index is 13.5. The number of nitrogens with one attached hydrogen (secondary N) is 1. The molecule has 186 valence electrons. The minimum atomic E-state index is -0.638. The Kier molecular flexibility index (Phi) is 8.23. The lowest BCUT2D eigenvalue weighted by Gasteiger charge is -2.39. The number of ether oxygens (including phenoxy) is 4. The number of hydrogen-bond acceptors (Lipinski definition) is 8. The molecule has 0 saturated carbocycles. The summed E-state index contributed by atoms with van der Waals surface area (Å²) in [5.74, 6) is 2.11. The van der Waals surface area contributed by atoms with Crippen LogP contribution in [0.4, 0.5) is 0 Å². The molecule has 1 aromatic rings. The van der Waals surface area contributed by atoms with Crippen molar-refractivity contribution in [1.82, 2.24) is 5.32 Å². The first-order chi connectivity index (χ1) is 16.2. The van der Waals surface area contributed by atoms with Gasteiger partial charge in [0.15, 0.2) is 17.3 Å². The zero-order valence-corrected chi connectivity index (χ0v) is 21.9. The number of methoxy groups -OCH3 is 3. The van der Waals surface area contributed by atoms with Crippen LogP contribution < -0.4 is 19.5 Å². The Labute approximate surface area is 206 Å². The summed E-state index contributed by atoms with van der Waals surface area (Å²) in [6.07, 6.45) is 1.10. The van der Waals surface area contributed by atoms with Crippen LogP contribution in [-0.4, -0.2) is 51.2 Å². The van der Waals surface area contributed by atoms with Crippen molar-refractivity contribution in [2.75, 3.05) is 39.4 Å². The van der Waals surface area contributed by atoms with Gasteiger partial charge >= 0.3 is 5.97 Å². The molecule has 0 spiro atoms. The molecule has 0 radical (unpaired) electrons. The molecule has 34 heavy (non-hydrogen) atoms. The Bertz CT molecular complexity index is 1030. The Morgan fingerprint density at radius 1 is 1.09 bits per heavy atom. The Balaban J connectivity index is 2.18. The summed E-state index contributed by atoms with van der Waals surface area (Å²) < 4.78 is 22.3. The predicted molar refractivity (Wildman–Crippen MR) is 134 cm³/mol. The van der Waals surface area contributed by atoms with Crippen LogP contribution >= 0.6 is 11.8 Å². The zero-order valence-electron chi connectivity index (χ0n) is 21.1. The number of carbonyl (C=O) groups is 2. The van der Waals surface area contributed by atoms with Gasteiger partial charge in [0.1, 0.15) is 12.4 Å². The normalized spacial score (nSPS) is 19.4. The number of hydrogen-bond donors (Lipinski definition) is 1. The van der Waals surface area contributed by atoms with Gasteiger partial charge in [0.2, 0.25) is 0 Å². The molecule has 1 atom stereocenters. The summed E-state index contributed by atoms with van der Waals surface area (Å²) in [5.41, 5.74) is 3.02. The molecule has 7 nitrogen and oxygen atoms in total. The SMILES string of the molecule is CCSCCOC(=O)C1=C(C)NC2=C(C(=O)CC(C)(C)C2)C1c1cc(OC)c(OC)cc1OC. The number of Topliss-reactive ketones (excluding diaryl/α,β-unsaturated/α-hetero) is 1. The summed E-state index contributed by atoms with van der Waals surface area (Å²) in [6.45, 7) is 8.38. The van der Waals surface area contributed by atoms with Crippen LogP contribution in [0.5, 0.6) is 17.2 Å². The van der Waals surface area contributed by atoms with Gasteiger partial charge in [-0.3, -0.25) is 4.79 Å². The summed E-state index contributed by atoms with van der Waals surface area (Å²) in [4.78, 5) is 26.9. The summed E-state index contributed by atoms with van der Waals surface area (Å²) in [5, 5.41) is 3.36. The number of ketones is 1. The third-order valence-electron chi connectivity index (χ3n) is 6.17. The van der Waals surface area contributed by atoms with Gasteiger partial charge in [-0.25, -0.2) is 4.79 Å². The van der Waals surface area contributed by atoms with Crippen LogP contribution in [0.1, 0.15) is 52.0 Å². The quantitative estimate of drug-likeness (QED) is 0.398. The van der Waals surface area contributed by atoms with E-state index in [-0.39, 0.29) is 11.2 Å². The number of allylic oxidation sites excluding steroid dienone is 3. The molecule has 1 aliphatic heterocycles. The van der Waals surface area contributed by atoms with E-state index in [1.165, 1.54) is 0 Å². The molecule has 1 aromatic carbocycles. The molecular weight excluding hydrogens is 454 g/mol. The first kappa shape index (κ1) is 26.0. The van der Waals surface area contributed by atoms with Crippen molar-refractivity contribution < 1.29 is 28.5 Å². The van der Waals surface area contributed by atoms with Gasteiger partial charge in [0.05, 0.1) is 32.8 Å². The van der Waals surface area contributed by atoms with E-state index < -0.39 is 11.9 Å². The number of benzene rings is 1. The second-order valence-corrected chi connectivity index (χ2v) is 10.6. The van der Waals surface area contributed by atoms with Crippen molar-refractivity contribution in [3.8, 4) is 17.2 Å². The second-order valence-electron chi connectivity index (χ2n) is 9.21. The fourth-order valence-corrected chi connectivity index (χ4v) is 5.20. The van der Waals surface area contributed by atoms with Crippen LogP contribution in [0, 0.1) is 5.41 Å². The highest BCUT2D eigenvalue weighted by atomic mass is 32.2.